The Balaban J connectivity index is 1.48. The first kappa shape index (κ1) is 33.7. The number of thiazole rings is 1. The Morgan fingerprint density at radius 2 is 1.59 bits per heavy atom. The van der Waals surface area contributed by atoms with Gasteiger partial charge in [0.15, 0.2) is 10.7 Å². The minimum atomic E-state index is -4.84. The number of hydrogen-bond acceptors (Lipinski definition) is 9. The summed E-state index contributed by atoms with van der Waals surface area (Å²) < 4.78 is 100. The molecule has 1 fully saturated rings. The van der Waals surface area contributed by atoms with Crippen molar-refractivity contribution in [1.29, 1.82) is 0 Å². The van der Waals surface area contributed by atoms with Crippen molar-refractivity contribution in [1.82, 2.24) is 24.0 Å². The summed E-state index contributed by atoms with van der Waals surface area (Å²) in [5.41, 5.74) is -0.392. The number of halogens is 3. The third-order valence-corrected chi connectivity index (χ3v) is 11.7. The van der Waals surface area contributed by atoms with Gasteiger partial charge in [-0.05, 0) is 43.2 Å². The van der Waals surface area contributed by atoms with Gasteiger partial charge in [0.25, 0.3) is 20.2 Å². The number of aromatic nitrogens is 3. The molecule has 46 heavy (non-hydrogen) atoms. The SMILES string of the molecule is CNS(=O)(=O)N1CCC(Nc2nccc(-c3sc(C(C)(C)C)nc3-c3cccc(NS(=O)(=O)c4c(F)cccc4F)c3F)n2)CC1. The lowest BCUT2D eigenvalue weighted by molar-refractivity contribution is 0.326. The van der Waals surface area contributed by atoms with Crippen LogP contribution in [-0.4, -0.2) is 62.3 Å². The highest BCUT2D eigenvalue weighted by atomic mass is 32.2. The van der Waals surface area contributed by atoms with E-state index in [-0.39, 0.29) is 23.2 Å². The monoisotopic (exact) mass is 695 g/mol. The molecule has 4 aromatic rings. The summed E-state index contributed by atoms with van der Waals surface area (Å²) in [5.74, 6) is -3.34. The summed E-state index contributed by atoms with van der Waals surface area (Å²) in [6, 6.07) is 8.14. The first-order chi connectivity index (χ1) is 21.6. The van der Waals surface area contributed by atoms with Gasteiger partial charge in [-0.25, -0.2) is 41.3 Å². The van der Waals surface area contributed by atoms with Gasteiger partial charge in [0.2, 0.25) is 5.95 Å². The highest BCUT2D eigenvalue weighted by Crippen LogP contribution is 2.42. The third-order valence-electron chi connectivity index (χ3n) is 7.23. The number of piperidine rings is 1. The molecule has 246 valence electrons. The van der Waals surface area contributed by atoms with Crippen molar-refractivity contribution in [3.05, 3.63) is 71.1 Å². The minimum Gasteiger partial charge on any atom is -0.351 e. The third kappa shape index (κ3) is 7.02. The van der Waals surface area contributed by atoms with E-state index in [1.807, 2.05) is 25.5 Å². The van der Waals surface area contributed by atoms with Crippen LogP contribution in [-0.2, 0) is 25.6 Å². The van der Waals surface area contributed by atoms with Gasteiger partial charge in [0.1, 0.15) is 11.6 Å². The quantitative estimate of drug-likeness (QED) is 0.219. The minimum absolute atomic E-state index is 0.0535. The van der Waals surface area contributed by atoms with Gasteiger partial charge in [0.05, 0.1) is 27.0 Å². The zero-order chi connectivity index (χ0) is 33.4. The maximum Gasteiger partial charge on any atom is 0.279 e. The number of nitrogens with zero attached hydrogens (tertiary/aromatic N) is 4. The van der Waals surface area contributed by atoms with Crippen LogP contribution in [0.3, 0.4) is 0 Å². The van der Waals surface area contributed by atoms with Gasteiger partial charge >= 0.3 is 0 Å². The molecule has 0 spiro atoms. The van der Waals surface area contributed by atoms with Crippen molar-refractivity contribution in [2.24, 2.45) is 0 Å². The average Bonchev–Trinajstić information content (AvgIpc) is 3.45. The van der Waals surface area contributed by atoms with Gasteiger partial charge in [0, 0.05) is 43.4 Å². The first-order valence-electron chi connectivity index (χ1n) is 14.2. The molecule has 0 bridgehead atoms. The second-order valence-electron chi connectivity index (χ2n) is 11.6. The van der Waals surface area contributed by atoms with Crippen molar-refractivity contribution in [2.45, 2.75) is 50.0 Å². The Bertz CT molecular complexity index is 1960. The van der Waals surface area contributed by atoms with Crippen LogP contribution in [0.15, 0.2) is 53.6 Å². The summed E-state index contributed by atoms with van der Waals surface area (Å²) in [4.78, 5) is 13.0. The lowest BCUT2D eigenvalue weighted by Gasteiger charge is -2.31. The number of nitrogens with one attached hydrogen (secondary N) is 3. The summed E-state index contributed by atoms with van der Waals surface area (Å²) in [7, 11) is -6.99. The Morgan fingerprint density at radius 3 is 2.22 bits per heavy atom. The predicted molar refractivity (Wildman–Crippen MR) is 171 cm³/mol. The van der Waals surface area contributed by atoms with Gasteiger partial charge in [-0.2, -0.15) is 12.7 Å². The van der Waals surface area contributed by atoms with E-state index in [1.54, 1.807) is 6.07 Å². The Morgan fingerprint density at radius 1 is 0.935 bits per heavy atom. The van der Waals surface area contributed by atoms with Crippen LogP contribution in [0.5, 0.6) is 0 Å². The van der Waals surface area contributed by atoms with Gasteiger partial charge in [-0.1, -0.05) is 32.9 Å². The molecule has 17 heteroatoms. The zero-order valence-corrected chi connectivity index (χ0v) is 27.8. The molecule has 0 saturated carbocycles. The van der Waals surface area contributed by atoms with Crippen LogP contribution in [0.25, 0.3) is 21.8 Å². The molecular formula is C29H32F3N7O4S3. The van der Waals surface area contributed by atoms with Crippen molar-refractivity contribution >= 4 is 43.2 Å². The maximum atomic E-state index is 16.1. The molecule has 2 aromatic heterocycles. The van der Waals surface area contributed by atoms with Crippen LogP contribution in [0.1, 0.15) is 38.6 Å². The largest absolute Gasteiger partial charge is 0.351 e. The molecule has 3 heterocycles. The number of anilines is 2. The zero-order valence-electron chi connectivity index (χ0n) is 25.3. The van der Waals surface area contributed by atoms with Crippen LogP contribution in [0, 0.1) is 17.5 Å². The molecule has 5 rings (SSSR count). The molecular weight excluding hydrogens is 664 g/mol. The van der Waals surface area contributed by atoms with E-state index in [9.17, 15) is 25.6 Å². The summed E-state index contributed by atoms with van der Waals surface area (Å²) in [5, 5.41) is 3.91. The van der Waals surface area contributed by atoms with E-state index in [4.69, 9.17) is 4.98 Å². The molecule has 2 aromatic carbocycles. The van der Waals surface area contributed by atoms with Crippen molar-refractivity contribution in [3.8, 4) is 21.8 Å². The van der Waals surface area contributed by atoms with Crippen molar-refractivity contribution in [2.75, 3.05) is 30.2 Å². The topological polar surface area (TPSA) is 146 Å². The fourth-order valence-electron chi connectivity index (χ4n) is 4.83. The van der Waals surface area contributed by atoms with E-state index < -0.39 is 53.7 Å². The molecule has 1 aliphatic rings. The molecule has 0 unspecified atom stereocenters. The average molecular weight is 696 g/mol. The van der Waals surface area contributed by atoms with E-state index in [0.717, 1.165) is 24.3 Å². The maximum absolute atomic E-state index is 16.1. The summed E-state index contributed by atoms with van der Waals surface area (Å²) >= 11 is 1.29. The lowest BCUT2D eigenvalue weighted by atomic mass is 9.98. The van der Waals surface area contributed by atoms with Crippen LogP contribution in [0.4, 0.5) is 24.8 Å². The predicted octanol–water partition coefficient (Wildman–Crippen LogP) is 5.12. The normalized spacial score (nSPS) is 15.2. The van der Waals surface area contributed by atoms with E-state index in [2.05, 4.69) is 20.0 Å². The van der Waals surface area contributed by atoms with E-state index >= 15 is 4.39 Å². The Hall–Kier alpha value is -3.64. The van der Waals surface area contributed by atoms with Crippen LogP contribution in [0.2, 0.25) is 0 Å². The molecule has 0 radical (unpaired) electrons. The number of benzene rings is 2. The second-order valence-corrected chi connectivity index (χ2v) is 16.1. The first-order valence-corrected chi connectivity index (χ1v) is 17.9. The molecule has 0 atom stereocenters. The fraction of sp³-hybridized carbons (Fsp3) is 0.345. The summed E-state index contributed by atoms with van der Waals surface area (Å²) in [6.07, 6.45) is 2.59. The van der Waals surface area contributed by atoms with Gasteiger partial charge in [-0.3, -0.25) is 4.72 Å². The molecule has 1 saturated heterocycles. The van der Waals surface area contributed by atoms with Gasteiger partial charge < -0.3 is 5.32 Å². The number of rotatable bonds is 9. The molecule has 1 aliphatic heterocycles. The highest BCUT2D eigenvalue weighted by molar-refractivity contribution is 7.92. The smallest absolute Gasteiger partial charge is 0.279 e. The lowest BCUT2D eigenvalue weighted by Crippen LogP contribution is -2.46. The van der Waals surface area contributed by atoms with Gasteiger partial charge in [-0.15, -0.1) is 11.3 Å². The molecule has 0 amide bonds. The van der Waals surface area contributed by atoms with Crippen molar-refractivity contribution < 1.29 is 30.0 Å². The van der Waals surface area contributed by atoms with Crippen molar-refractivity contribution in [3.63, 3.8) is 0 Å². The van der Waals surface area contributed by atoms with E-state index in [0.29, 0.717) is 41.5 Å². The fourth-order valence-corrected chi connectivity index (χ4v) is 8.09. The molecule has 0 aliphatic carbocycles. The molecule has 11 nitrogen and oxygen atoms in total. The van der Waals surface area contributed by atoms with Crippen LogP contribution >= 0.6 is 11.3 Å². The van der Waals surface area contributed by atoms with E-state index in [1.165, 1.54) is 41.0 Å². The standard InChI is InChI=1S/C29H32F3N7O4S3/c1-29(2,3)27-37-24(18-7-5-10-21(23(18)32)38-45(40,41)26-19(30)8-6-9-20(26)31)25(44-27)22-11-14-34-28(36-22)35-17-12-15-39(16-13-17)46(42,43)33-4/h5-11,14,17,33,38H,12-13,15-16H2,1-4H3,(H,34,35,36). The number of hydrogen-bond donors (Lipinski definition) is 3. The summed E-state index contributed by atoms with van der Waals surface area (Å²) in [6.45, 7) is 6.46. The second kappa shape index (κ2) is 12.9. The highest BCUT2D eigenvalue weighted by Gasteiger charge is 2.30. The molecule has 3 N–H and O–H groups in total. The van der Waals surface area contributed by atoms with Crippen LogP contribution < -0.4 is 14.8 Å². The Labute approximate surface area is 269 Å². The number of sulfonamides is 1. The Kier molecular flexibility index (Phi) is 9.43.